The lowest BCUT2D eigenvalue weighted by atomic mass is 10.00. The molecule has 3 unspecified atom stereocenters. The minimum atomic E-state index is -0.581. The van der Waals surface area contributed by atoms with Gasteiger partial charge in [-0.05, 0) is 18.4 Å². The number of carbonyl (C=O) groups excluding carboxylic acids is 1. The van der Waals surface area contributed by atoms with Crippen molar-refractivity contribution in [1.82, 2.24) is 5.32 Å². The van der Waals surface area contributed by atoms with Gasteiger partial charge in [0, 0.05) is 6.04 Å². The Morgan fingerprint density at radius 1 is 1.29 bits per heavy atom. The molecular formula is C14H22N2O. The second kappa shape index (κ2) is 6.40. The molecular weight excluding hydrogens is 212 g/mol. The van der Waals surface area contributed by atoms with E-state index in [9.17, 15) is 4.79 Å². The molecule has 3 atom stereocenters. The van der Waals surface area contributed by atoms with Crippen molar-refractivity contribution in [1.29, 1.82) is 0 Å². The summed E-state index contributed by atoms with van der Waals surface area (Å²) in [6.45, 7) is 6.26. The zero-order chi connectivity index (χ0) is 12.8. The largest absolute Gasteiger partial charge is 0.352 e. The molecule has 1 aromatic rings. The maximum Gasteiger partial charge on any atom is 0.241 e. The van der Waals surface area contributed by atoms with Gasteiger partial charge in [-0.15, -0.1) is 0 Å². The molecule has 17 heavy (non-hydrogen) atoms. The molecule has 3 N–H and O–H groups in total. The van der Waals surface area contributed by atoms with E-state index >= 15 is 0 Å². The van der Waals surface area contributed by atoms with Crippen molar-refractivity contribution in [3.05, 3.63) is 35.9 Å². The molecule has 1 amide bonds. The summed E-state index contributed by atoms with van der Waals surface area (Å²) in [6, 6.07) is 9.01. The predicted molar refractivity (Wildman–Crippen MR) is 70.4 cm³/mol. The Morgan fingerprint density at radius 2 is 1.88 bits per heavy atom. The Morgan fingerprint density at radius 3 is 2.41 bits per heavy atom. The van der Waals surface area contributed by atoms with Crippen molar-refractivity contribution < 1.29 is 4.79 Å². The maximum absolute atomic E-state index is 11.9. The Hall–Kier alpha value is -1.35. The Bertz CT molecular complexity index is 350. The normalized spacial score (nSPS) is 16.0. The number of carbonyl (C=O) groups is 1. The number of hydrogen-bond donors (Lipinski definition) is 2. The molecule has 0 fully saturated rings. The summed E-state index contributed by atoms with van der Waals surface area (Å²) < 4.78 is 0. The molecule has 1 rings (SSSR count). The molecule has 0 radical (unpaired) electrons. The number of nitrogens with two attached hydrogens (primary N) is 1. The Balaban J connectivity index is 2.59. The minimum absolute atomic E-state index is 0.107. The van der Waals surface area contributed by atoms with Gasteiger partial charge in [0.2, 0.25) is 5.91 Å². The fourth-order valence-electron chi connectivity index (χ4n) is 1.62. The van der Waals surface area contributed by atoms with Gasteiger partial charge in [-0.3, -0.25) is 4.79 Å². The first kappa shape index (κ1) is 13.7. The van der Waals surface area contributed by atoms with Crippen LogP contribution in [-0.4, -0.2) is 11.9 Å². The molecule has 0 aromatic heterocycles. The van der Waals surface area contributed by atoms with Gasteiger partial charge < -0.3 is 11.1 Å². The summed E-state index contributed by atoms with van der Waals surface area (Å²) >= 11 is 0. The lowest BCUT2D eigenvalue weighted by Gasteiger charge is -2.22. The van der Waals surface area contributed by atoms with E-state index in [2.05, 4.69) is 19.2 Å². The molecule has 0 bridgehead atoms. The number of hydrogen-bond acceptors (Lipinski definition) is 2. The highest BCUT2D eigenvalue weighted by Crippen LogP contribution is 2.12. The van der Waals surface area contributed by atoms with E-state index in [0.717, 1.165) is 12.0 Å². The molecule has 1 aromatic carbocycles. The van der Waals surface area contributed by atoms with Gasteiger partial charge in [-0.2, -0.15) is 0 Å². The molecule has 3 nitrogen and oxygen atoms in total. The van der Waals surface area contributed by atoms with Crippen molar-refractivity contribution in [2.45, 2.75) is 39.3 Å². The van der Waals surface area contributed by atoms with E-state index in [0.29, 0.717) is 5.92 Å². The van der Waals surface area contributed by atoms with Gasteiger partial charge in [-0.25, -0.2) is 0 Å². The van der Waals surface area contributed by atoms with Gasteiger partial charge in [-0.1, -0.05) is 50.6 Å². The van der Waals surface area contributed by atoms with Crippen molar-refractivity contribution in [3.63, 3.8) is 0 Å². The predicted octanol–water partition coefficient (Wildman–Crippen LogP) is 2.24. The zero-order valence-electron chi connectivity index (χ0n) is 10.8. The van der Waals surface area contributed by atoms with Crippen LogP contribution in [0.5, 0.6) is 0 Å². The molecule has 94 valence electrons. The highest BCUT2D eigenvalue weighted by atomic mass is 16.2. The summed E-state index contributed by atoms with van der Waals surface area (Å²) in [5.41, 5.74) is 6.76. The molecule has 0 saturated heterocycles. The minimum Gasteiger partial charge on any atom is -0.352 e. The van der Waals surface area contributed by atoms with Gasteiger partial charge in [0.15, 0.2) is 0 Å². The topological polar surface area (TPSA) is 55.1 Å². The van der Waals surface area contributed by atoms with E-state index in [1.165, 1.54) is 0 Å². The van der Waals surface area contributed by atoms with E-state index in [4.69, 9.17) is 5.73 Å². The molecule has 0 saturated carbocycles. The number of amides is 1. The molecule has 3 heteroatoms. The van der Waals surface area contributed by atoms with Crippen molar-refractivity contribution >= 4 is 5.91 Å². The van der Waals surface area contributed by atoms with Crippen LogP contribution in [0.4, 0.5) is 0 Å². The van der Waals surface area contributed by atoms with Crippen LogP contribution >= 0.6 is 0 Å². The second-order valence-corrected chi connectivity index (χ2v) is 4.57. The smallest absolute Gasteiger partial charge is 0.241 e. The van der Waals surface area contributed by atoms with Crippen LogP contribution < -0.4 is 11.1 Å². The fourth-order valence-corrected chi connectivity index (χ4v) is 1.62. The lowest BCUT2D eigenvalue weighted by molar-refractivity contribution is -0.123. The zero-order valence-corrected chi connectivity index (χ0v) is 10.8. The quantitative estimate of drug-likeness (QED) is 0.821. The first-order chi connectivity index (χ1) is 8.06. The maximum atomic E-state index is 11.9. The van der Waals surface area contributed by atoms with E-state index in [1.54, 1.807) is 0 Å². The average molecular weight is 234 g/mol. The fraction of sp³-hybridized carbons (Fsp3) is 0.500. The SMILES string of the molecule is CCC(C)C(C)NC(=O)C(N)c1ccccc1. The van der Waals surface area contributed by atoms with Gasteiger partial charge >= 0.3 is 0 Å². The second-order valence-electron chi connectivity index (χ2n) is 4.57. The molecule has 0 spiro atoms. The average Bonchev–Trinajstić information content (AvgIpc) is 2.37. The third kappa shape index (κ3) is 3.86. The molecule has 0 aliphatic rings. The summed E-state index contributed by atoms with van der Waals surface area (Å²) in [4.78, 5) is 11.9. The van der Waals surface area contributed by atoms with E-state index in [1.807, 2.05) is 37.3 Å². The van der Waals surface area contributed by atoms with Crippen molar-refractivity contribution in [2.75, 3.05) is 0 Å². The molecule has 0 heterocycles. The summed E-state index contributed by atoms with van der Waals surface area (Å²) in [5.74, 6) is 0.353. The monoisotopic (exact) mass is 234 g/mol. The van der Waals surface area contributed by atoms with Crippen LogP contribution in [0.25, 0.3) is 0 Å². The van der Waals surface area contributed by atoms with Crippen LogP contribution in [-0.2, 0) is 4.79 Å². The standard InChI is InChI=1S/C14H22N2O/c1-4-10(2)11(3)16-14(17)13(15)12-8-6-5-7-9-12/h5-11,13H,4,15H2,1-3H3,(H,16,17). The molecule has 0 aliphatic heterocycles. The van der Waals surface area contributed by atoms with Crippen LogP contribution in [0.15, 0.2) is 30.3 Å². The van der Waals surface area contributed by atoms with Crippen LogP contribution in [0.1, 0.15) is 38.8 Å². The highest BCUT2D eigenvalue weighted by Gasteiger charge is 2.19. The Labute approximate surface area is 103 Å². The number of nitrogens with one attached hydrogen (secondary N) is 1. The number of benzene rings is 1. The van der Waals surface area contributed by atoms with Crippen molar-refractivity contribution in [2.24, 2.45) is 11.7 Å². The highest BCUT2D eigenvalue weighted by molar-refractivity contribution is 5.83. The summed E-state index contributed by atoms with van der Waals surface area (Å²) in [5, 5.41) is 2.96. The van der Waals surface area contributed by atoms with Gasteiger partial charge in [0.25, 0.3) is 0 Å². The van der Waals surface area contributed by atoms with Crippen molar-refractivity contribution in [3.8, 4) is 0 Å². The van der Waals surface area contributed by atoms with Gasteiger partial charge in [0.05, 0.1) is 0 Å². The summed E-state index contributed by atoms with van der Waals surface area (Å²) in [6.07, 6.45) is 1.04. The Kier molecular flexibility index (Phi) is 5.16. The summed E-state index contributed by atoms with van der Waals surface area (Å²) in [7, 11) is 0. The third-order valence-electron chi connectivity index (χ3n) is 3.31. The molecule has 0 aliphatic carbocycles. The first-order valence-electron chi connectivity index (χ1n) is 6.17. The van der Waals surface area contributed by atoms with Crippen LogP contribution in [0.2, 0.25) is 0 Å². The van der Waals surface area contributed by atoms with E-state index < -0.39 is 6.04 Å². The van der Waals surface area contributed by atoms with Crippen LogP contribution in [0.3, 0.4) is 0 Å². The van der Waals surface area contributed by atoms with Gasteiger partial charge in [0.1, 0.15) is 6.04 Å². The van der Waals surface area contributed by atoms with Crippen LogP contribution in [0, 0.1) is 5.92 Å². The van der Waals surface area contributed by atoms with E-state index in [-0.39, 0.29) is 11.9 Å². The third-order valence-corrected chi connectivity index (χ3v) is 3.31. The first-order valence-corrected chi connectivity index (χ1v) is 6.17. The number of rotatable bonds is 5. The lowest BCUT2D eigenvalue weighted by Crippen LogP contribution is -2.42.